The van der Waals surface area contributed by atoms with Crippen LogP contribution in [0.5, 0.6) is 0 Å². The average Bonchev–Trinajstić information content (AvgIpc) is 2.42. The summed E-state index contributed by atoms with van der Waals surface area (Å²) in [6, 6.07) is 0. The van der Waals surface area contributed by atoms with E-state index < -0.39 is 54.6 Å². The zero-order chi connectivity index (χ0) is 18.4. The lowest BCUT2D eigenvalue weighted by Crippen LogP contribution is -2.62. The Morgan fingerprint density at radius 3 is 1.58 bits per heavy atom. The van der Waals surface area contributed by atoms with E-state index in [1.165, 1.54) is 0 Å². The molecule has 0 aliphatic carbocycles. The lowest BCUT2D eigenvalue weighted by molar-refractivity contribution is -0.292. The first kappa shape index (κ1) is 20.2. The van der Waals surface area contributed by atoms with Gasteiger partial charge in [0.1, 0.15) is 6.10 Å². The molecule has 1 saturated heterocycles. The predicted molar refractivity (Wildman–Crippen MR) is 77.8 cm³/mol. The van der Waals surface area contributed by atoms with Crippen LogP contribution in [0.25, 0.3) is 0 Å². The van der Waals surface area contributed by atoms with Gasteiger partial charge in [-0.1, -0.05) is 0 Å². The van der Waals surface area contributed by atoms with Crippen LogP contribution in [0.1, 0.15) is 27.7 Å². The molecule has 0 aromatic heterocycles. The van der Waals surface area contributed by atoms with Crippen molar-refractivity contribution in [2.24, 2.45) is 0 Å². The maximum atomic E-state index is 11.4. The molecule has 10 heteroatoms. The van der Waals surface area contributed by atoms with Gasteiger partial charge in [-0.05, 0) is 0 Å². The normalized spacial score (nSPS) is 29.3. The van der Waals surface area contributed by atoms with Crippen molar-refractivity contribution in [3.05, 3.63) is 0 Å². The summed E-state index contributed by atoms with van der Waals surface area (Å²) in [6.45, 7) is 4.52. The Labute approximate surface area is 143 Å². The number of rotatable bonds is 5. The van der Waals surface area contributed by atoms with Crippen molar-refractivity contribution in [2.45, 2.75) is 58.4 Å². The summed E-state index contributed by atoms with van der Waals surface area (Å²) < 4.78 is 25.8. The molecule has 24 heavy (non-hydrogen) atoms. The van der Waals surface area contributed by atoms with Crippen LogP contribution in [-0.2, 0) is 42.9 Å². The van der Waals surface area contributed by atoms with Crippen LogP contribution in [0.3, 0.4) is 0 Å². The fourth-order valence-electron chi connectivity index (χ4n) is 2.24. The standard InChI is InChI=1S/C14H19ClO9/c1-6(16)20-11-10(5-15)24-14(23-9(4)19)13(22-8(3)18)12(11)21-7(2)17/h10-14H,5H2,1-4H3/t10-,11-,12+,13-,14-/m1/s1. The zero-order valence-corrected chi connectivity index (χ0v) is 14.4. The molecule has 9 nitrogen and oxygen atoms in total. The number of hydrogen-bond donors (Lipinski definition) is 0. The molecule has 0 amide bonds. The Balaban J connectivity index is 3.23. The fraction of sp³-hybridized carbons (Fsp3) is 0.714. The first-order chi connectivity index (χ1) is 11.1. The number of esters is 4. The first-order valence-corrected chi connectivity index (χ1v) is 7.59. The molecule has 1 fully saturated rings. The second-order valence-corrected chi connectivity index (χ2v) is 5.34. The van der Waals surface area contributed by atoms with Crippen molar-refractivity contribution in [1.82, 2.24) is 0 Å². The predicted octanol–water partition coefficient (Wildman–Crippen LogP) is 0.308. The van der Waals surface area contributed by atoms with Crippen LogP contribution in [0.2, 0.25) is 0 Å². The Bertz CT molecular complexity index is 506. The molecule has 1 aliphatic heterocycles. The Kier molecular flexibility index (Phi) is 7.43. The molecule has 0 unspecified atom stereocenters. The summed E-state index contributed by atoms with van der Waals surface area (Å²) in [5, 5.41) is 0. The van der Waals surface area contributed by atoms with E-state index in [-0.39, 0.29) is 5.88 Å². The van der Waals surface area contributed by atoms with Crippen molar-refractivity contribution in [1.29, 1.82) is 0 Å². The van der Waals surface area contributed by atoms with Gasteiger partial charge >= 0.3 is 23.9 Å². The van der Waals surface area contributed by atoms with Gasteiger partial charge in [0.05, 0.1) is 5.88 Å². The topological polar surface area (TPSA) is 114 Å². The van der Waals surface area contributed by atoms with Crippen molar-refractivity contribution in [2.75, 3.05) is 5.88 Å². The van der Waals surface area contributed by atoms with E-state index in [0.717, 1.165) is 27.7 Å². The largest absolute Gasteiger partial charge is 0.456 e. The molecule has 0 spiro atoms. The zero-order valence-electron chi connectivity index (χ0n) is 13.6. The summed E-state index contributed by atoms with van der Waals surface area (Å²) in [5.74, 6) is -2.99. The maximum absolute atomic E-state index is 11.4. The molecule has 1 heterocycles. The summed E-state index contributed by atoms with van der Waals surface area (Å²) in [6.07, 6.45) is -6.03. The maximum Gasteiger partial charge on any atom is 0.305 e. The smallest absolute Gasteiger partial charge is 0.305 e. The van der Waals surface area contributed by atoms with Gasteiger partial charge in [0.2, 0.25) is 12.4 Å². The molecule has 0 saturated carbocycles. The van der Waals surface area contributed by atoms with E-state index in [1.54, 1.807) is 0 Å². The lowest BCUT2D eigenvalue weighted by Gasteiger charge is -2.43. The minimum absolute atomic E-state index is 0.153. The van der Waals surface area contributed by atoms with Gasteiger partial charge in [-0.25, -0.2) is 0 Å². The van der Waals surface area contributed by atoms with Gasteiger partial charge in [0.25, 0.3) is 0 Å². The van der Waals surface area contributed by atoms with E-state index in [0.29, 0.717) is 0 Å². The van der Waals surface area contributed by atoms with Crippen LogP contribution in [0, 0.1) is 0 Å². The van der Waals surface area contributed by atoms with Crippen LogP contribution in [-0.4, -0.2) is 60.5 Å². The fourth-order valence-corrected chi connectivity index (χ4v) is 2.49. The summed E-state index contributed by atoms with van der Waals surface area (Å²) >= 11 is 5.81. The van der Waals surface area contributed by atoms with E-state index in [1.807, 2.05) is 0 Å². The number of alkyl halides is 1. The third kappa shape index (κ3) is 5.64. The van der Waals surface area contributed by atoms with Crippen molar-refractivity contribution < 1.29 is 42.9 Å². The summed E-state index contributed by atoms with van der Waals surface area (Å²) in [4.78, 5) is 45.4. The van der Waals surface area contributed by atoms with Gasteiger partial charge in [0.15, 0.2) is 12.2 Å². The second-order valence-electron chi connectivity index (χ2n) is 5.03. The van der Waals surface area contributed by atoms with E-state index in [9.17, 15) is 19.2 Å². The summed E-state index contributed by atoms with van der Waals surface area (Å²) in [5.41, 5.74) is 0. The minimum atomic E-state index is -1.37. The molecule has 0 N–H and O–H groups in total. The molecule has 0 aromatic carbocycles. The van der Waals surface area contributed by atoms with Crippen molar-refractivity contribution in [3.63, 3.8) is 0 Å². The molecule has 0 radical (unpaired) electrons. The van der Waals surface area contributed by atoms with Gasteiger partial charge in [-0.2, -0.15) is 0 Å². The van der Waals surface area contributed by atoms with E-state index in [2.05, 4.69) is 0 Å². The SMILES string of the molecule is CC(=O)O[C@@H]1O[C@H](CCl)[C@@H](OC(C)=O)[C@H](OC(C)=O)[C@H]1OC(C)=O. The molecule has 136 valence electrons. The van der Waals surface area contributed by atoms with E-state index in [4.69, 9.17) is 35.3 Å². The average molecular weight is 367 g/mol. The van der Waals surface area contributed by atoms with Gasteiger partial charge in [-0.15, -0.1) is 11.6 Å². The Hall–Kier alpha value is -1.87. The molecule has 1 rings (SSSR count). The highest BCUT2D eigenvalue weighted by atomic mass is 35.5. The lowest BCUT2D eigenvalue weighted by atomic mass is 9.98. The Morgan fingerprint density at radius 2 is 1.17 bits per heavy atom. The number of halogens is 1. The van der Waals surface area contributed by atoms with Gasteiger partial charge in [0, 0.05) is 27.7 Å². The highest BCUT2D eigenvalue weighted by molar-refractivity contribution is 6.18. The van der Waals surface area contributed by atoms with Crippen LogP contribution in [0.15, 0.2) is 0 Å². The third-order valence-corrected chi connectivity index (χ3v) is 3.24. The number of carbonyl (C=O) groups excluding carboxylic acids is 4. The first-order valence-electron chi connectivity index (χ1n) is 7.06. The highest BCUT2D eigenvalue weighted by Crippen LogP contribution is 2.30. The summed E-state index contributed by atoms with van der Waals surface area (Å²) in [7, 11) is 0. The number of ether oxygens (including phenoxy) is 5. The second kappa shape index (κ2) is 8.84. The minimum Gasteiger partial charge on any atom is -0.456 e. The van der Waals surface area contributed by atoms with Crippen molar-refractivity contribution in [3.8, 4) is 0 Å². The highest BCUT2D eigenvalue weighted by Gasteiger charge is 2.52. The molecule has 0 bridgehead atoms. The van der Waals surface area contributed by atoms with Crippen LogP contribution < -0.4 is 0 Å². The monoisotopic (exact) mass is 366 g/mol. The number of carbonyl (C=O) groups is 4. The van der Waals surface area contributed by atoms with Crippen LogP contribution >= 0.6 is 11.6 Å². The van der Waals surface area contributed by atoms with E-state index >= 15 is 0 Å². The molecular weight excluding hydrogens is 348 g/mol. The van der Waals surface area contributed by atoms with Gasteiger partial charge < -0.3 is 23.7 Å². The van der Waals surface area contributed by atoms with Gasteiger partial charge in [-0.3, -0.25) is 19.2 Å². The molecule has 5 atom stereocenters. The molecule has 0 aromatic rings. The number of hydrogen-bond acceptors (Lipinski definition) is 9. The van der Waals surface area contributed by atoms with Crippen molar-refractivity contribution >= 4 is 35.5 Å². The van der Waals surface area contributed by atoms with Crippen LogP contribution in [0.4, 0.5) is 0 Å². The third-order valence-electron chi connectivity index (χ3n) is 2.93. The Morgan fingerprint density at radius 1 is 0.750 bits per heavy atom. The quantitative estimate of drug-likeness (QED) is 0.385. The molecular formula is C14H19ClO9. The molecule has 1 aliphatic rings.